The van der Waals surface area contributed by atoms with E-state index in [9.17, 15) is 8.42 Å². The first-order valence-corrected chi connectivity index (χ1v) is 8.14. The van der Waals surface area contributed by atoms with Crippen LogP contribution in [0.4, 0.5) is 17.2 Å². The van der Waals surface area contributed by atoms with Gasteiger partial charge >= 0.3 is 0 Å². The molecular weight excluding hydrogens is 321 g/mol. The van der Waals surface area contributed by atoms with Gasteiger partial charge in [0.2, 0.25) is 10.0 Å². The number of hydrogen-bond acceptors (Lipinski definition) is 4. The summed E-state index contributed by atoms with van der Waals surface area (Å²) in [5, 5.41) is 4.02. The molecule has 1 aromatic carbocycles. The normalized spacial score (nSPS) is 11.2. The van der Waals surface area contributed by atoms with E-state index in [1.807, 2.05) is 0 Å². The Hall–Kier alpha value is -1.50. The lowest BCUT2D eigenvalue weighted by Crippen LogP contribution is -2.09. The Balaban J connectivity index is 2.14. The van der Waals surface area contributed by atoms with E-state index in [4.69, 9.17) is 23.2 Å². The zero-order valence-corrected chi connectivity index (χ0v) is 12.7. The minimum Gasteiger partial charge on any atom is -0.339 e. The van der Waals surface area contributed by atoms with Crippen LogP contribution in [0, 0.1) is 0 Å². The third kappa shape index (κ3) is 4.26. The highest BCUT2D eigenvalue weighted by atomic mass is 35.5. The van der Waals surface area contributed by atoms with E-state index >= 15 is 0 Å². The lowest BCUT2D eigenvalue weighted by Gasteiger charge is -2.09. The molecule has 0 amide bonds. The molecule has 2 N–H and O–H groups in total. The summed E-state index contributed by atoms with van der Waals surface area (Å²) in [4.78, 5) is 4.09. The Kier molecular flexibility index (Phi) is 4.37. The number of halogens is 2. The molecule has 5 nitrogen and oxygen atoms in total. The summed E-state index contributed by atoms with van der Waals surface area (Å²) in [5.41, 5.74) is 1.05. The number of pyridine rings is 1. The van der Waals surface area contributed by atoms with Gasteiger partial charge in [0.05, 0.1) is 28.9 Å². The molecule has 106 valence electrons. The van der Waals surface area contributed by atoms with Crippen LogP contribution in [0.5, 0.6) is 0 Å². The van der Waals surface area contributed by atoms with Gasteiger partial charge in [-0.2, -0.15) is 0 Å². The monoisotopic (exact) mass is 331 g/mol. The molecule has 0 spiro atoms. The lowest BCUT2D eigenvalue weighted by molar-refractivity contribution is 0.607. The van der Waals surface area contributed by atoms with Crippen LogP contribution in [0.15, 0.2) is 36.5 Å². The Labute approximate surface area is 127 Å². The second-order valence-electron chi connectivity index (χ2n) is 4.06. The van der Waals surface area contributed by atoms with E-state index in [0.717, 1.165) is 6.26 Å². The molecule has 0 saturated heterocycles. The molecule has 1 heterocycles. The molecule has 0 atom stereocenters. The van der Waals surface area contributed by atoms with Crippen molar-refractivity contribution < 1.29 is 8.42 Å². The van der Waals surface area contributed by atoms with Crippen molar-refractivity contribution >= 4 is 50.4 Å². The van der Waals surface area contributed by atoms with Gasteiger partial charge in [0.25, 0.3) is 0 Å². The van der Waals surface area contributed by atoms with Gasteiger partial charge in [-0.25, -0.2) is 13.4 Å². The third-order valence-corrected chi connectivity index (χ3v) is 3.41. The van der Waals surface area contributed by atoms with E-state index in [-0.39, 0.29) is 0 Å². The van der Waals surface area contributed by atoms with Crippen LogP contribution in [0.2, 0.25) is 10.0 Å². The van der Waals surface area contributed by atoms with Crippen LogP contribution >= 0.6 is 23.2 Å². The van der Waals surface area contributed by atoms with E-state index < -0.39 is 10.0 Å². The predicted molar refractivity (Wildman–Crippen MR) is 82.4 cm³/mol. The zero-order valence-electron chi connectivity index (χ0n) is 10.4. The quantitative estimate of drug-likeness (QED) is 0.899. The van der Waals surface area contributed by atoms with Gasteiger partial charge in [0, 0.05) is 5.02 Å². The van der Waals surface area contributed by atoms with Gasteiger partial charge < -0.3 is 5.32 Å². The fraction of sp³-hybridized carbons (Fsp3) is 0.0833. The molecular formula is C12H11Cl2N3O2S. The SMILES string of the molecule is CS(=O)(=O)Nc1ccc(Nc2ccc(Cl)cc2Cl)nc1. The number of rotatable bonds is 4. The maximum absolute atomic E-state index is 11.1. The highest BCUT2D eigenvalue weighted by Gasteiger charge is 2.04. The predicted octanol–water partition coefficient (Wildman–Crippen LogP) is 3.50. The summed E-state index contributed by atoms with van der Waals surface area (Å²) in [5.74, 6) is 0.535. The van der Waals surface area contributed by atoms with Crippen molar-refractivity contribution in [1.29, 1.82) is 0 Å². The largest absolute Gasteiger partial charge is 0.339 e. The number of hydrogen-bond donors (Lipinski definition) is 2. The second-order valence-corrected chi connectivity index (χ2v) is 6.65. The van der Waals surface area contributed by atoms with Gasteiger partial charge in [-0.15, -0.1) is 0 Å². The standard InChI is InChI=1S/C12H11Cl2N3O2S/c1-20(18,19)17-9-3-5-12(15-7-9)16-11-4-2-8(13)6-10(11)14/h2-7,17H,1H3,(H,15,16). The Bertz CT molecular complexity index is 718. The van der Waals surface area contributed by atoms with Crippen LogP contribution in [0.3, 0.4) is 0 Å². The first-order chi connectivity index (χ1) is 9.33. The maximum Gasteiger partial charge on any atom is 0.229 e. The average molecular weight is 332 g/mol. The summed E-state index contributed by atoms with van der Waals surface area (Å²) in [6, 6.07) is 8.29. The molecule has 0 fully saturated rings. The molecule has 0 unspecified atom stereocenters. The topological polar surface area (TPSA) is 71.1 Å². The molecule has 0 aliphatic heterocycles. The Morgan fingerprint density at radius 1 is 1.15 bits per heavy atom. The van der Waals surface area contributed by atoms with E-state index in [0.29, 0.717) is 27.2 Å². The van der Waals surface area contributed by atoms with Crippen molar-refractivity contribution in [3.8, 4) is 0 Å². The van der Waals surface area contributed by atoms with Gasteiger partial charge in [-0.05, 0) is 30.3 Å². The van der Waals surface area contributed by atoms with Crippen molar-refractivity contribution in [3.05, 3.63) is 46.6 Å². The van der Waals surface area contributed by atoms with Gasteiger partial charge in [-0.3, -0.25) is 4.72 Å². The van der Waals surface area contributed by atoms with E-state index in [1.54, 1.807) is 30.3 Å². The van der Waals surface area contributed by atoms with Gasteiger partial charge in [0.15, 0.2) is 0 Å². The molecule has 0 aliphatic carbocycles. The van der Waals surface area contributed by atoms with Crippen LogP contribution in [0.25, 0.3) is 0 Å². The number of anilines is 3. The first-order valence-electron chi connectivity index (χ1n) is 5.49. The summed E-state index contributed by atoms with van der Waals surface area (Å²) < 4.78 is 24.5. The third-order valence-electron chi connectivity index (χ3n) is 2.26. The summed E-state index contributed by atoms with van der Waals surface area (Å²) in [7, 11) is -3.31. The number of nitrogens with one attached hydrogen (secondary N) is 2. The minimum atomic E-state index is -3.31. The molecule has 20 heavy (non-hydrogen) atoms. The highest BCUT2D eigenvalue weighted by Crippen LogP contribution is 2.27. The molecule has 0 aliphatic rings. The molecule has 8 heteroatoms. The second kappa shape index (κ2) is 5.87. The van der Waals surface area contributed by atoms with E-state index in [2.05, 4.69) is 15.0 Å². The first kappa shape index (κ1) is 14.9. The maximum atomic E-state index is 11.1. The summed E-state index contributed by atoms with van der Waals surface area (Å²) in [6.07, 6.45) is 2.49. The van der Waals surface area contributed by atoms with Crippen molar-refractivity contribution in [2.24, 2.45) is 0 Å². The van der Waals surface area contributed by atoms with Gasteiger partial charge in [-0.1, -0.05) is 23.2 Å². The number of benzene rings is 1. The van der Waals surface area contributed by atoms with Crippen LogP contribution in [-0.2, 0) is 10.0 Å². The van der Waals surface area contributed by atoms with Crippen molar-refractivity contribution in [1.82, 2.24) is 4.98 Å². The number of sulfonamides is 1. The summed E-state index contributed by atoms with van der Waals surface area (Å²) in [6.45, 7) is 0. The van der Waals surface area contributed by atoms with Crippen molar-refractivity contribution in [3.63, 3.8) is 0 Å². The summed E-state index contributed by atoms with van der Waals surface area (Å²) >= 11 is 11.8. The molecule has 2 rings (SSSR count). The van der Waals surface area contributed by atoms with Gasteiger partial charge in [0.1, 0.15) is 5.82 Å². The highest BCUT2D eigenvalue weighted by molar-refractivity contribution is 7.92. The van der Waals surface area contributed by atoms with E-state index in [1.165, 1.54) is 6.20 Å². The molecule has 0 radical (unpaired) electrons. The van der Waals surface area contributed by atoms with Crippen LogP contribution < -0.4 is 10.0 Å². The number of aromatic nitrogens is 1. The zero-order chi connectivity index (χ0) is 14.8. The fourth-order valence-corrected chi connectivity index (χ4v) is 2.48. The molecule has 0 saturated carbocycles. The number of nitrogens with zero attached hydrogens (tertiary/aromatic N) is 1. The molecule has 1 aromatic heterocycles. The Morgan fingerprint density at radius 3 is 2.45 bits per heavy atom. The van der Waals surface area contributed by atoms with Crippen molar-refractivity contribution in [2.75, 3.05) is 16.3 Å². The van der Waals surface area contributed by atoms with Crippen LogP contribution in [0.1, 0.15) is 0 Å². The lowest BCUT2D eigenvalue weighted by atomic mass is 10.3. The molecule has 2 aromatic rings. The minimum absolute atomic E-state index is 0.389. The van der Waals surface area contributed by atoms with Crippen molar-refractivity contribution in [2.45, 2.75) is 0 Å². The molecule has 0 bridgehead atoms. The fourth-order valence-electron chi connectivity index (χ4n) is 1.47. The van der Waals surface area contributed by atoms with Crippen LogP contribution in [-0.4, -0.2) is 19.7 Å². The average Bonchev–Trinajstić information content (AvgIpc) is 2.33. The smallest absolute Gasteiger partial charge is 0.229 e. The Morgan fingerprint density at radius 2 is 1.90 bits per heavy atom.